The lowest BCUT2D eigenvalue weighted by Crippen LogP contribution is -2.35. The van der Waals surface area contributed by atoms with Gasteiger partial charge in [0.05, 0.1) is 12.3 Å². The maximum Gasteiger partial charge on any atom is 0.251 e. The van der Waals surface area contributed by atoms with Crippen molar-refractivity contribution < 1.29 is 4.74 Å². The van der Waals surface area contributed by atoms with Crippen LogP contribution in [-0.2, 0) is 17.9 Å². The zero-order valence-electron chi connectivity index (χ0n) is 13.4. The van der Waals surface area contributed by atoms with Crippen molar-refractivity contribution in [2.75, 3.05) is 20.2 Å². The Balaban J connectivity index is 1.72. The van der Waals surface area contributed by atoms with Gasteiger partial charge >= 0.3 is 0 Å². The number of H-pyrrole nitrogens is 1. The smallest absolute Gasteiger partial charge is 0.251 e. The number of pyridine rings is 1. The Labute approximate surface area is 135 Å². The van der Waals surface area contributed by atoms with Crippen LogP contribution in [0.1, 0.15) is 35.8 Å². The van der Waals surface area contributed by atoms with Crippen molar-refractivity contribution in [2.45, 2.75) is 31.9 Å². The van der Waals surface area contributed by atoms with Gasteiger partial charge in [-0.15, -0.1) is 0 Å². The van der Waals surface area contributed by atoms with E-state index in [1.165, 1.54) is 11.6 Å². The third-order valence-corrected chi connectivity index (χ3v) is 4.15. The fraction of sp³-hybridized carbons (Fsp3) is 0.471. The molecule has 1 N–H and O–H groups in total. The molecule has 0 bridgehead atoms. The second-order valence-electron chi connectivity index (χ2n) is 5.98. The molecule has 0 spiro atoms. The number of piperidine rings is 1. The number of hydrogen-bond donors (Lipinski definition) is 1. The van der Waals surface area contributed by atoms with Gasteiger partial charge < -0.3 is 9.72 Å². The molecule has 6 heteroatoms. The van der Waals surface area contributed by atoms with E-state index in [-0.39, 0.29) is 11.5 Å². The molecule has 23 heavy (non-hydrogen) atoms. The molecular weight excluding hydrogens is 292 g/mol. The van der Waals surface area contributed by atoms with Crippen LogP contribution in [0.2, 0.25) is 0 Å². The van der Waals surface area contributed by atoms with E-state index in [0.717, 1.165) is 38.3 Å². The summed E-state index contributed by atoms with van der Waals surface area (Å²) in [6, 6.07) is 5.59. The van der Waals surface area contributed by atoms with Crippen LogP contribution in [0, 0.1) is 0 Å². The average Bonchev–Trinajstić information content (AvgIpc) is 2.56. The fourth-order valence-corrected chi connectivity index (χ4v) is 3.11. The molecule has 1 atom stereocenters. The summed E-state index contributed by atoms with van der Waals surface area (Å²) in [5.41, 5.74) is 1.85. The van der Waals surface area contributed by atoms with E-state index in [1.54, 1.807) is 7.11 Å². The summed E-state index contributed by atoms with van der Waals surface area (Å²) in [5, 5.41) is 0. The SMILES string of the molecule is COCc1cc(=O)[nH]c([C@@H]2CCCN(Cc3ccncc3)C2)n1. The number of aromatic nitrogens is 3. The highest BCUT2D eigenvalue weighted by Crippen LogP contribution is 2.25. The van der Waals surface area contributed by atoms with Gasteiger partial charge in [-0.05, 0) is 37.1 Å². The van der Waals surface area contributed by atoms with Crippen molar-refractivity contribution in [3.8, 4) is 0 Å². The van der Waals surface area contributed by atoms with E-state index in [4.69, 9.17) is 4.74 Å². The fourth-order valence-electron chi connectivity index (χ4n) is 3.11. The number of nitrogens with one attached hydrogen (secondary N) is 1. The van der Waals surface area contributed by atoms with Gasteiger partial charge in [0, 0.05) is 44.6 Å². The van der Waals surface area contributed by atoms with Crippen LogP contribution in [0.5, 0.6) is 0 Å². The first kappa shape index (κ1) is 15.8. The second kappa shape index (κ2) is 7.48. The summed E-state index contributed by atoms with van der Waals surface area (Å²) in [5.74, 6) is 1.04. The Morgan fingerprint density at radius 3 is 3.00 bits per heavy atom. The van der Waals surface area contributed by atoms with Gasteiger partial charge in [-0.25, -0.2) is 4.98 Å². The average molecular weight is 314 g/mol. The normalized spacial score (nSPS) is 18.9. The molecule has 2 aromatic heterocycles. The van der Waals surface area contributed by atoms with E-state index in [2.05, 4.69) is 19.9 Å². The number of hydrogen-bond acceptors (Lipinski definition) is 5. The van der Waals surface area contributed by atoms with Gasteiger partial charge in [0.25, 0.3) is 5.56 Å². The van der Waals surface area contributed by atoms with Gasteiger partial charge in [0.2, 0.25) is 0 Å². The van der Waals surface area contributed by atoms with Gasteiger partial charge in [0.15, 0.2) is 0 Å². The number of methoxy groups -OCH3 is 1. The van der Waals surface area contributed by atoms with E-state index in [1.807, 2.05) is 24.5 Å². The zero-order chi connectivity index (χ0) is 16.1. The first-order chi connectivity index (χ1) is 11.2. The van der Waals surface area contributed by atoms with Gasteiger partial charge in [-0.3, -0.25) is 14.7 Å². The summed E-state index contributed by atoms with van der Waals surface area (Å²) in [6.07, 6.45) is 5.80. The molecule has 1 fully saturated rings. The lowest BCUT2D eigenvalue weighted by Gasteiger charge is -2.32. The van der Waals surface area contributed by atoms with Crippen molar-refractivity contribution in [1.29, 1.82) is 0 Å². The molecule has 0 amide bonds. The molecule has 3 heterocycles. The molecule has 0 aliphatic carbocycles. The van der Waals surface area contributed by atoms with E-state index >= 15 is 0 Å². The van der Waals surface area contributed by atoms with Crippen LogP contribution in [0.4, 0.5) is 0 Å². The molecule has 3 rings (SSSR count). The molecule has 0 aromatic carbocycles. The van der Waals surface area contributed by atoms with Crippen molar-refractivity contribution in [3.63, 3.8) is 0 Å². The van der Waals surface area contributed by atoms with E-state index in [9.17, 15) is 4.79 Å². The molecule has 2 aromatic rings. The van der Waals surface area contributed by atoms with Gasteiger partial charge in [-0.1, -0.05) is 0 Å². The quantitative estimate of drug-likeness (QED) is 0.909. The summed E-state index contributed by atoms with van der Waals surface area (Å²) in [6.45, 7) is 3.24. The van der Waals surface area contributed by atoms with Gasteiger partial charge in [0.1, 0.15) is 5.82 Å². The number of likely N-dealkylation sites (tertiary alicyclic amines) is 1. The number of ether oxygens (including phenoxy) is 1. The van der Waals surface area contributed by atoms with Crippen LogP contribution in [0.15, 0.2) is 35.4 Å². The zero-order valence-corrected chi connectivity index (χ0v) is 13.4. The minimum absolute atomic E-state index is 0.103. The Bertz CT molecular complexity index is 686. The van der Waals surface area contributed by atoms with Crippen LogP contribution < -0.4 is 5.56 Å². The molecule has 122 valence electrons. The van der Waals surface area contributed by atoms with Crippen molar-refractivity contribution in [1.82, 2.24) is 19.9 Å². The third kappa shape index (κ3) is 4.24. The van der Waals surface area contributed by atoms with Crippen molar-refractivity contribution in [3.05, 3.63) is 58.0 Å². The maximum atomic E-state index is 11.8. The largest absolute Gasteiger partial charge is 0.378 e. The summed E-state index contributed by atoms with van der Waals surface area (Å²) in [7, 11) is 1.61. The number of aromatic amines is 1. The minimum Gasteiger partial charge on any atom is -0.378 e. The predicted octanol–water partition coefficient (Wildman–Crippen LogP) is 1.69. The number of nitrogens with zero attached hydrogens (tertiary/aromatic N) is 3. The number of rotatable bonds is 5. The summed E-state index contributed by atoms with van der Waals surface area (Å²) >= 11 is 0. The molecule has 0 saturated carbocycles. The Hall–Kier alpha value is -2.05. The molecule has 0 unspecified atom stereocenters. The first-order valence-corrected chi connectivity index (χ1v) is 7.95. The minimum atomic E-state index is -0.103. The second-order valence-corrected chi connectivity index (χ2v) is 5.98. The highest BCUT2D eigenvalue weighted by molar-refractivity contribution is 5.11. The van der Waals surface area contributed by atoms with Gasteiger partial charge in [-0.2, -0.15) is 0 Å². The lowest BCUT2D eigenvalue weighted by atomic mass is 9.96. The molecule has 1 saturated heterocycles. The lowest BCUT2D eigenvalue weighted by molar-refractivity contribution is 0.178. The molecule has 1 aliphatic rings. The molecule has 0 radical (unpaired) electrons. The van der Waals surface area contributed by atoms with E-state index < -0.39 is 0 Å². The predicted molar refractivity (Wildman–Crippen MR) is 87.1 cm³/mol. The molecular formula is C17H22N4O2. The van der Waals surface area contributed by atoms with E-state index in [0.29, 0.717) is 12.3 Å². The van der Waals surface area contributed by atoms with Crippen LogP contribution >= 0.6 is 0 Å². The molecule has 1 aliphatic heterocycles. The summed E-state index contributed by atoms with van der Waals surface area (Å²) in [4.78, 5) is 25.8. The monoisotopic (exact) mass is 314 g/mol. The topological polar surface area (TPSA) is 71.1 Å². The maximum absolute atomic E-state index is 11.8. The van der Waals surface area contributed by atoms with Crippen LogP contribution in [0.25, 0.3) is 0 Å². The Morgan fingerprint density at radius 2 is 2.22 bits per heavy atom. The van der Waals surface area contributed by atoms with Crippen LogP contribution in [0.3, 0.4) is 0 Å². The highest BCUT2D eigenvalue weighted by atomic mass is 16.5. The first-order valence-electron chi connectivity index (χ1n) is 7.95. The van der Waals surface area contributed by atoms with Crippen LogP contribution in [-0.4, -0.2) is 40.1 Å². The standard InChI is InChI=1S/C17H22N4O2/c1-23-12-15-9-16(22)20-17(19-15)14-3-2-8-21(11-14)10-13-4-6-18-7-5-13/h4-7,9,14H,2-3,8,10-12H2,1H3,(H,19,20,22)/t14-/m1/s1. The highest BCUT2D eigenvalue weighted by Gasteiger charge is 2.23. The Morgan fingerprint density at radius 1 is 1.39 bits per heavy atom. The molecule has 6 nitrogen and oxygen atoms in total. The van der Waals surface area contributed by atoms with Crippen molar-refractivity contribution >= 4 is 0 Å². The van der Waals surface area contributed by atoms with Crippen molar-refractivity contribution in [2.24, 2.45) is 0 Å². The summed E-state index contributed by atoms with van der Waals surface area (Å²) < 4.78 is 5.09. The third-order valence-electron chi connectivity index (χ3n) is 4.15. The Kier molecular flexibility index (Phi) is 5.15.